The number of rotatable bonds is 6. The number of carbonyl (C=O) groups excluding carboxylic acids is 1. The van der Waals surface area contributed by atoms with E-state index in [0.717, 1.165) is 29.8 Å². The molecule has 114 valence electrons. The smallest absolute Gasteiger partial charge is 0.227 e. The monoisotopic (exact) mass is 296 g/mol. The molecule has 1 fully saturated rings. The van der Waals surface area contributed by atoms with Gasteiger partial charge in [0.05, 0.1) is 25.8 Å². The molecule has 0 saturated heterocycles. The van der Waals surface area contributed by atoms with Crippen LogP contribution in [0.1, 0.15) is 24.1 Å². The van der Waals surface area contributed by atoms with E-state index in [0.29, 0.717) is 19.0 Å². The third-order valence-electron chi connectivity index (χ3n) is 3.90. The summed E-state index contributed by atoms with van der Waals surface area (Å²) in [6.07, 6.45) is 4.31. The van der Waals surface area contributed by atoms with Gasteiger partial charge in [0.25, 0.3) is 0 Å². The molecule has 1 amide bonds. The Bertz CT molecular complexity index is 639. The molecule has 0 bridgehead atoms. The van der Waals surface area contributed by atoms with Gasteiger partial charge in [0.15, 0.2) is 0 Å². The Hall–Kier alpha value is -2.36. The first-order valence-corrected chi connectivity index (χ1v) is 7.59. The van der Waals surface area contributed by atoms with Crippen molar-refractivity contribution in [1.29, 1.82) is 0 Å². The second kappa shape index (κ2) is 6.60. The predicted octanol–water partition coefficient (Wildman–Crippen LogP) is 2.82. The van der Waals surface area contributed by atoms with Crippen molar-refractivity contribution in [2.24, 2.45) is 0 Å². The van der Waals surface area contributed by atoms with Gasteiger partial charge in [0, 0.05) is 17.8 Å². The van der Waals surface area contributed by atoms with E-state index in [9.17, 15) is 4.79 Å². The number of methoxy groups -OCH3 is 1. The molecular formula is C18H20N2O2. The third-order valence-corrected chi connectivity index (χ3v) is 3.90. The highest BCUT2D eigenvalue weighted by molar-refractivity contribution is 5.80. The summed E-state index contributed by atoms with van der Waals surface area (Å²) in [6.45, 7) is 0.583. The quantitative estimate of drug-likeness (QED) is 0.823. The molecule has 4 nitrogen and oxygen atoms in total. The number of amides is 1. The normalized spacial score (nSPS) is 13.7. The second-order valence-corrected chi connectivity index (χ2v) is 5.56. The fourth-order valence-corrected chi connectivity index (χ4v) is 2.59. The van der Waals surface area contributed by atoms with Crippen LogP contribution in [0, 0.1) is 0 Å². The highest BCUT2D eigenvalue weighted by Crippen LogP contribution is 2.29. The first kappa shape index (κ1) is 14.6. The number of aromatic nitrogens is 1. The Labute approximate surface area is 130 Å². The summed E-state index contributed by atoms with van der Waals surface area (Å²) in [5.74, 6) is 0.905. The Morgan fingerprint density at radius 1 is 1.23 bits per heavy atom. The topological polar surface area (TPSA) is 42.4 Å². The van der Waals surface area contributed by atoms with E-state index in [4.69, 9.17) is 4.74 Å². The lowest BCUT2D eigenvalue weighted by Crippen LogP contribution is -2.34. The predicted molar refractivity (Wildman–Crippen MR) is 84.5 cm³/mol. The lowest BCUT2D eigenvalue weighted by atomic mass is 10.1. The molecule has 1 aliphatic rings. The van der Waals surface area contributed by atoms with E-state index in [2.05, 4.69) is 4.98 Å². The van der Waals surface area contributed by atoms with Gasteiger partial charge in [-0.2, -0.15) is 0 Å². The minimum absolute atomic E-state index is 0.137. The molecular weight excluding hydrogens is 276 g/mol. The van der Waals surface area contributed by atoms with Crippen LogP contribution in [0.3, 0.4) is 0 Å². The lowest BCUT2D eigenvalue weighted by molar-refractivity contribution is -0.131. The summed E-state index contributed by atoms with van der Waals surface area (Å²) in [4.78, 5) is 19.0. The van der Waals surface area contributed by atoms with Crippen molar-refractivity contribution in [2.75, 3.05) is 7.11 Å². The molecule has 1 heterocycles. The highest BCUT2D eigenvalue weighted by atomic mass is 16.5. The largest absolute Gasteiger partial charge is 0.496 e. The SMILES string of the molecule is COc1ccccc1CC(=O)N(Cc1ccccn1)C1CC1. The third kappa shape index (κ3) is 3.45. The second-order valence-electron chi connectivity index (χ2n) is 5.56. The number of nitrogens with zero attached hydrogens (tertiary/aromatic N) is 2. The van der Waals surface area contributed by atoms with Gasteiger partial charge < -0.3 is 9.64 Å². The van der Waals surface area contributed by atoms with Crippen molar-refractivity contribution >= 4 is 5.91 Å². The minimum Gasteiger partial charge on any atom is -0.496 e. The van der Waals surface area contributed by atoms with Crippen molar-refractivity contribution in [1.82, 2.24) is 9.88 Å². The molecule has 22 heavy (non-hydrogen) atoms. The van der Waals surface area contributed by atoms with E-state index in [1.165, 1.54) is 0 Å². The van der Waals surface area contributed by atoms with E-state index >= 15 is 0 Å². The standard InChI is InChI=1S/C18H20N2O2/c1-22-17-8-3-2-6-14(17)12-18(21)20(16-9-10-16)13-15-7-4-5-11-19-15/h2-8,11,16H,9-10,12-13H2,1H3. The zero-order valence-electron chi connectivity index (χ0n) is 12.7. The van der Waals surface area contributed by atoms with Gasteiger partial charge in [-0.25, -0.2) is 0 Å². The Balaban J connectivity index is 1.73. The van der Waals surface area contributed by atoms with Crippen LogP contribution < -0.4 is 4.74 Å². The molecule has 1 saturated carbocycles. The van der Waals surface area contributed by atoms with Crippen LogP contribution in [-0.4, -0.2) is 28.9 Å². The van der Waals surface area contributed by atoms with Crippen LogP contribution in [-0.2, 0) is 17.8 Å². The molecule has 0 radical (unpaired) electrons. The molecule has 4 heteroatoms. The average molecular weight is 296 g/mol. The molecule has 3 rings (SSSR count). The number of hydrogen-bond acceptors (Lipinski definition) is 3. The van der Waals surface area contributed by atoms with Gasteiger partial charge in [-0.1, -0.05) is 24.3 Å². The molecule has 0 atom stereocenters. The van der Waals surface area contributed by atoms with Crippen molar-refractivity contribution < 1.29 is 9.53 Å². The van der Waals surface area contributed by atoms with Crippen LogP contribution in [0.2, 0.25) is 0 Å². The number of para-hydroxylation sites is 1. The number of carbonyl (C=O) groups is 1. The zero-order valence-corrected chi connectivity index (χ0v) is 12.7. The van der Waals surface area contributed by atoms with E-state index in [1.54, 1.807) is 13.3 Å². The zero-order chi connectivity index (χ0) is 15.4. The minimum atomic E-state index is 0.137. The number of benzene rings is 1. The van der Waals surface area contributed by atoms with Gasteiger partial charge in [-0.15, -0.1) is 0 Å². The lowest BCUT2D eigenvalue weighted by Gasteiger charge is -2.22. The molecule has 2 aromatic rings. The molecule has 1 aliphatic carbocycles. The van der Waals surface area contributed by atoms with E-state index in [1.807, 2.05) is 47.4 Å². The van der Waals surface area contributed by atoms with Crippen LogP contribution in [0.15, 0.2) is 48.7 Å². The first-order chi connectivity index (χ1) is 10.8. The molecule has 0 N–H and O–H groups in total. The van der Waals surface area contributed by atoms with Crippen LogP contribution in [0.5, 0.6) is 5.75 Å². The summed E-state index contributed by atoms with van der Waals surface area (Å²) in [7, 11) is 1.63. The van der Waals surface area contributed by atoms with Crippen molar-refractivity contribution in [3.63, 3.8) is 0 Å². The van der Waals surface area contributed by atoms with Crippen molar-refractivity contribution in [3.05, 3.63) is 59.9 Å². The Morgan fingerprint density at radius 2 is 2.00 bits per heavy atom. The van der Waals surface area contributed by atoms with Crippen LogP contribution in [0.25, 0.3) is 0 Å². The van der Waals surface area contributed by atoms with E-state index in [-0.39, 0.29) is 5.91 Å². The summed E-state index contributed by atoms with van der Waals surface area (Å²) in [5.41, 5.74) is 1.87. The number of ether oxygens (including phenoxy) is 1. The summed E-state index contributed by atoms with van der Waals surface area (Å²) in [5, 5.41) is 0. The van der Waals surface area contributed by atoms with Gasteiger partial charge in [0.1, 0.15) is 5.75 Å². The summed E-state index contributed by atoms with van der Waals surface area (Å²) < 4.78 is 5.34. The molecule has 0 spiro atoms. The van der Waals surface area contributed by atoms with Gasteiger partial charge in [-0.05, 0) is 31.0 Å². The fourth-order valence-electron chi connectivity index (χ4n) is 2.59. The van der Waals surface area contributed by atoms with Crippen molar-refractivity contribution in [2.45, 2.75) is 31.8 Å². The van der Waals surface area contributed by atoms with Crippen LogP contribution >= 0.6 is 0 Å². The maximum Gasteiger partial charge on any atom is 0.227 e. The number of pyridine rings is 1. The molecule has 1 aromatic heterocycles. The van der Waals surface area contributed by atoms with Gasteiger partial charge in [-0.3, -0.25) is 9.78 Å². The maximum atomic E-state index is 12.7. The molecule has 0 unspecified atom stereocenters. The van der Waals surface area contributed by atoms with Gasteiger partial charge >= 0.3 is 0 Å². The maximum absolute atomic E-state index is 12.7. The summed E-state index contributed by atoms with van der Waals surface area (Å²) in [6, 6.07) is 13.9. The molecule has 1 aromatic carbocycles. The Kier molecular flexibility index (Phi) is 4.37. The number of hydrogen-bond donors (Lipinski definition) is 0. The summed E-state index contributed by atoms with van der Waals surface area (Å²) >= 11 is 0. The highest BCUT2D eigenvalue weighted by Gasteiger charge is 2.32. The van der Waals surface area contributed by atoms with Crippen LogP contribution in [0.4, 0.5) is 0 Å². The van der Waals surface area contributed by atoms with Crippen molar-refractivity contribution in [3.8, 4) is 5.75 Å². The Morgan fingerprint density at radius 3 is 2.68 bits per heavy atom. The fraction of sp³-hybridized carbons (Fsp3) is 0.333. The molecule has 0 aliphatic heterocycles. The van der Waals surface area contributed by atoms with Gasteiger partial charge in [0.2, 0.25) is 5.91 Å². The first-order valence-electron chi connectivity index (χ1n) is 7.59. The average Bonchev–Trinajstić information content (AvgIpc) is 3.39. The van der Waals surface area contributed by atoms with E-state index < -0.39 is 0 Å².